The zero-order valence-electron chi connectivity index (χ0n) is 21.0. The second kappa shape index (κ2) is 14.4. The van der Waals surface area contributed by atoms with Gasteiger partial charge in [0.1, 0.15) is 6.04 Å². The molecule has 36 heavy (non-hydrogen) atoms. The predicted molar refractivity (Wildman–Crippen MR) is 147 cm³/mol. The Morgan fingerprint density at radius 1 is 1.00 bits per heavy atom. The molecule has 2 aromatic carbocycles. The van der Waals surface area contributed by atoms with Crippen LogP contribution in [-0.2, 0) is 26.2 Å². The van der Waals surface area contributed by atoms with Crippen molar-refractivity contribution in [3.63, 3.8) is 0 Å². The monoisotopic (exact) mass is 555 g/mol. The van der Waals surface area contributed by atoms with E-state index in [0.717, 1.165) is 24.7 Å². The second-order valence-corrected chi connectivity index (χ2v) is 11.4. The van der Waals surface area contributed by atoms with Crippen LogP contribution in [0.1, 0.15) is 51.5 Å². The van der Waals surface area contributed by atoms with Crippen LogP contribution in [0.3, 0.4) is 0 Å². The van der Waals surface area contributed by atoms with Gasteiger partial charge in [-0.25, -0.2) is 8.42 Å². The van der Waals surface area contributed by atoms with Crippen molar-refractivity contribution < 1.29 is 18.0 Å². The van der Waals surface area contributed by atoms with E-state index in [1.807, 2.05) is 26.0 Å². The summed E-state index contributed by atoms with van der Waals surface area (Å²) in [6, 6.07) is 13.1. The van der Waals surface area contributed by atoms with Gasteiger partial charge in [0, 0.05) is 36.1 Å². The summed E-state index contributed by atoms with van der Waals surface area (Å²) >= 11 is 12.1. The molecule has 10 heteroatoms. The molecule has 2 rings (SSSR count). The molecular weight excluding hydrogens is 521 g/mol. The van der Waals surface area contributed by atoms with E-state index in [1.165, 1.54) is 4.31 Å². The van der Waals surface area contributed by atoms with Crippen molar-refractivity contribution in [2.24, 2.45) is 0 Å². The van der Waals surface area contributed by atoms with E-state index in [-0.39, 0.29) is 37.7 Å². The minimum Gasteiger partial charge on any atom is -0.354 e. The number of anilines is 1. The smallest absolute Gasteiger partial charge is 0.242 e. The molecule has 0 aliphatic carbocycles. The van der Waals surface area contributed by atoms with Gasteiger partial charge in [-0.2, -0.15) is 0 Å². The van der Waals surface area contributed by atoms with Gasteiger partial charge in [-0.3, -0.25) is 13.9 Å². The van der Waals surface area contributed by atoms with E-state index in [4.69, 9.17) is 23.2 Å². The highest BCUT2D eigenvalue weighted by Crippen LogP contribution is 2.23. The summed E-state index contributed by atoms with van der Waals surface area (Å²) in [4.78, 5) is 27.9. The van der Waals surface area contributed by atoms with Crippen LogP contribution in [0.15, 0.2) is 48.5 Å². The summed E-state index contributed by atoms with van der Waals surface area (Å²) in [5, 5.41) is 3.94. The van der Waals surface area contributed by atoms with E-state index >= 15 is 0 Å². The number of amides is 2. The maximum Gasteiger partial charge on any atom is 0.242 e. The van der Waals surface area contributed by atoms with Crippen molar-refractivity contribution in [3.8, 4) is 0 Å². The Labute approximate surface area is 224 Å². The molecule has 0 heterocycles. The summed E-state index contributed by atoms with van der Waals surface area (Å²) in [6.45, 7) is 4.83. The fraction of sp³-hybridized carbons (Fsp3) is 0.462. The van der Waals surface area contributed by atoms with Gasteiger partial charge in [0.25, 0.3) is 0 Å². The Kier molecular flexibility index (Phi) is 12.0. The molecule has 0 saturated carbocycles. The molecule has 0 aliphatic heterocycles. The molecule has 0 aromatic heterocycles. The Hall–Kier alpha value is -2.29. The van der Waals surface area contributed by atoms with Crippen molar-refractivity contribution in [2.45, 2.75) is 58.5 Å². The lowest BCUT2D eigenvalue weighted by Crippen LogP contribution is -2.49. The number of nitrogens with zero attached hydrogens (tertiary/aromatic N) is 2. The third kappa shape index (κ3) is 9.30. The number of hydrogen-bond acceptors (Lipinski definition) is 4. The molecule has 0 radical (unpaired) electrons. The van der Waals surface area contributed by atoms with Gasteiger partial charge in [0.2, 0.25) is 21.8 Å². The largest absolute Gasteiger partial charge is 0.354 e. The van der Waals surface area contributed by atoms with Crippen LogP contribution in [0, 0.1) is 0 Å². The van der Waals surface area contributed by atoms with Crippen molar-refractivity contribution in [3.05, 3.63) is 64.1 Å². The van der Waals surface area contributed by atoms with Gasteiger partial charge in [-0.05, 0) is 55.2 Å². The summed E-state index contributed by atoms with van der Waals surface area (Å²) in [6.07, 6.45) is 3.75. The van der Waals surface area contributed by atoms with Gasteiger partial charge in [-0.15, -0.1) is 0 Å². The van der Waals surface area contributed by atoms with Crippen LogP contribution < -0.4 is 9.62 Å². The van der Waals surface area contributed by atoms with Crippen LogP contribution in [-0.4, -0.2) is 50.5 Å². The number of sulfonamides is 1. The summed E-state index contributed by atoms with van der Waals surface area (Å²) in [5.41, 5.74) is 1.29. The number of unbranched alkanes of at least 4 members (excludes halogenated alkanes) is 1. The number of carbonyl (C=O) groups excluding carboxylic acids is 2. The van der Waals surface area contributed by atoms with E-state index in [2.05, 4.69) is 5.32 Å². The van der Waals surface area contributed by atoms with Crippen molar-refractivity contribution in [2.75, 3.05) is 23.7 Å². The number of halogens is 2. The van der Waals surface area contributed by atoms with Crippen LogP contribution in [0.5, 0.6) is 0 Å². The van der Waals surface area contributed by atoms with E-state index in [1.54, 1.807) is 41.3 Å². The van der Waals surface area contributed by atoms with E-state index in [9.17, 15) is 18.0 Å². The van der Waals surface area contributed by atoms with E-state index in [0.29, 0.717) is 28.7 Å². The minimum absolute atomic E-state index is 0.0823. The maximum atomic E-state index is 13.4. The third-order valence-electron chi connectivity index (χ3n) is 5.73. The van der Waals surface area contributed by atoms with Gasteiger partial charge < -0.3 is 10.2 Å². The van der Waals surface area contributed by atoms with Crippen molar-refractivity contribution in [1.29, 1.82) is 0 Å². The Morgan fingerprint density at radius 3 is 2.28 bits per heavy atom. The third-order valence-corrected chi connectivity index (χ3v) is 7.41. The number of hydrogen-bond donors (Lipinski definition) is 1. The molecule has 1 atom stereocenters. The first-order valence-electron chi connectivity index (χ1n) is 12.1. The van der Waals surface area contributed by atoms with Crippen LogP contribution >= 0.6 is 23.2 Å². The number of carbonyl (C=O) groups is 2. The van der Waals surface area contributed by atoms with Gasteiger partial charge in [0.05, 0.1) is 11.9 Å². The highest BCUT2D eigenvalue weighted by Gasteiger charge is 2.28. The van der Waals surface area contributed by atoms with Gasteiger partial charge >= 0.3 is 0 Å². The average molecular weight is 557 g/mol. The SMILES string of the molecule is CCCCNC(=O)C(CC)N(Cc1ccc(Cl)cc1)C(=O)CCCN(c1cccc(Cl)c1)S(C)(=O)=O. The Morgan fingerprint density at radius 2 is 1.69 bits per heavy atom. The lowest BCUT2D eigenvalue weighted by Gasteiger charge is -2.31. The minimum atomic E-state index is -3.58. The number of benzene rings is 2. The first-order valence-corrected chi connectivity index (χ1v) is 14.7. The normalized spacial score (nSPS) is 12.1. The lowest BCUT2D eigenvalue weighted by atomic mass is 10.1. The Bertz CT molecular complexity index is 1110. The zero-order chi connectivity index (χ0) is 26.7. The summed E-state index contributed by atoms with van der Waals surface area (Å²) in [5.74, 6) is -0.410. The Balaban J connectivity index is 2.19. The second-order valence-electron chi connectivity index (χ2n) is 8.64. The molecule has 198 valence electrons. The standard InChI is InChI=1S/C26H35Cl2N3O4S/c1-4-6-16-29-26(33)24(5-2)30(19-20-12-14-21(27)15-13-20)25(32)11-8-17-31(36(3,34)35)23-10-7-9-22(28)18-23/h7,9-10,12-15,18,24H,4-6,8,11,16-17,19H2,1-3H3,(H,29,33). The average Bonchev–Trinajstić information content (AvgIpc) is 2.82. The molecule has 0 bridgehead atoms. The fourth-order valence-corrected chi connectivity index (χ4v) is 5.12. The molecule has 0 aliphatic rings. The molecule has 0 saturated heterocycles. The molecular formula is C26H35Cl2N3O4S. The molecule has 2 amide bonds. The first-order chi connectivity index (χ1) is 17.1. The lowest BCUT2D eigenvalue weighted by molar-refractivity contribution is -0.141. The first kappa shape index (κ1) is 29.9. The molecule has 0 spiro atoms. The highest BCUT2D eigenvalue weighted by atomic mass is 35.5. The highest BCUT2D eigenvalue weighted by molar-refractivity contribution is 7.92. The van der Waals surface area contributed by atoms with Crippen LogP contribution in [0.25, 0.3) is 0 Å². The summed E-state index contributed by atoms with van der Waals surface area (Å²) in [7, 11) is -3.58. The fourth-order valence-electron chi connectivity index (χ4n) is 3.85. The zero-order valence-corrected chi connectivity index (χ0v) is 23.4. The summed E-state index contributed by atoms with van der Waals surface area (Å²) < 4.78 is 26.1. The quantitative estimate of drug-likeness (QED) is 0.322. The van der Waals surface area contributed by atoms with E-state index < -0.39 is 16.1 Å². The number of rotatable bonds is 14. The molecule has 1 unspecified atom stereocenters. The van der Waals surface area contributed by atoms with Crippen LogP contribution in [0.4, 0.5) is 5.69 Å². The molecule has 7 nitrogen and oxygen atoms in total. The molecule has 2 aromatic rings. The van der Waals surface area contributed by atoms with Gasteiger partial charge in [-0.1, -0.05) is 61.7 Å². The van der Waals surface area contributed by atoms with Crippen molar-refractivity contribution >= 4 is 50.7 Å². The topological polar surface area (TPSA) is 86.8 Å². The molecule has 0 fully saturated rings. The predicted octanol–water partition coefficient (Wildman–Crippen LogP) is 5.26. The van der Waals surface area contributed by atoms with Crippen molar-refractivity contribution in [1.82, 2.24) is 10.2 Å². The maximum absolute atomic E-state index is 13.4. The molecule has 1 N–H and O–H groups in total. The van der Waals surface area contributed by atoms with Crippen LogP contribution in [0.2, 0.25) is 10.0 Å². The number of nitrogens with one attached hydrogen (secondary N) is 1. The van der Waals surface area contributed by atoms with Gasteiger partial charge in [0.15, 0.2) is 0 Å².